The molecular formula is C14H25NO6. The molecule has 1 aliphatic heterocycles. The zero-order valence-electron chi connectivity index (χ0n) is 12.3. The van der Waals surface area contributed by atoms with Gasteiger partial charge in [0.25, 0.3) is 5.91 Å². The van der Waals surface area contributed by atoms with E-state index in [0.717, 1.165) is 19.3 Å². The minimum Gasteiger partial charge on any atom is -0.394 e. The monoisotopic (exact) mass is 303 g/mol. The Morgan fingerprint density at radius 1 is 1.29 bits per heavy atom. The molecular weight excluding hydrogens is 278 g/mol. The highest BCUT2D eigenvalue weighted by atomic mass is 16.6. The Morgan fingerprint density at radius 2 is 2.00 bits per heavy atom. The molecule has 0 aromatic heterocycles. The minimum atomic E-state index is -0.885. The van der Waals surface area contributed by atoms with Crippen molar-refractivity contribution in [3.05, 3.63) is 0 Å². The summed E-state index contributed by atoms with van der Waals surface area (Å²) in [5, 5.41) is 31.7. The van der Waals surface area contributed by atoms with Gasteiger partial charge in [-0.25, -0.2) is 0 Å². The van der Waals surface area contributed by atoms with Crippen molar-refractivity contribution in [1.29, 1.82) is 0 Å². The van der Waals surface area contributed by atoms with Crippen LogP contribution in [0.3, 0.4) is 0 Å². The molecule has 2 fully saturated rings. The number of carbonyl (C=O) groups excluding carboxylic acids is 1. The van der Waals surface area contributed by atoms with Crippen molar-refractivity contribution < 1.29 is 29.6 Å². The van der Waals surface area contributed by atoms with E-state index in [2.05, 4.69) is 5.32 Å². The summed E-state index contributed by atoms with van der Waals surface area (Å²) in [7, 11) is 1.45. The molecule has 4 unspecified atom stereocenters. The van der Waals surface area contributed by atoms with Crippen LogP contribution >= 0.6 is 0 Å². The first-order chi connectivity index (χ1) is 10.1. The van der Waals surface area contributed by atoms with Crippen LogP contribution in [-0.2, 0) is 14.3 Å². The molecule has 0 radical (unpaired) electrons. The molecule has 2 rings (SSSR count). The zero-order valence-corrected chi connectivity index (χ0v) is 12.3. The van der Waals surface area contributed by atoms with Crippen molar-refractivity contribution in [1.82, 2.24) is 5.32 Å². The van der Waals surface area contributed by atoms with E-state index in [1.54, 1.807) is 0 Å². The van der Waals surface area contributed by atoms with Crippen molar-refractivity contribution in [3.8, 4) is 0 Å². The quantitative estimate of drug-likeness (QED) is 0.527. The Hall–Kier alpha value is -0.730. The summed E-state index contributed by atoms with van der Waals surface area (Å²) in [4.78, 5) is 12.4. The number of carbonyl (C=O) groups is 1. The predicted molar refractivity (Wildman–Crippen MR) is 73.6 cm³/mol. The number of methoxy groups -OCH3 is 1. The highest BCUT2D eigenvalue weighted by Gasteiger charge is 2.42. The van der Waals surface area contributed by atoms with Crippen LogP contribution in [0.4, 0.5) is 0 Å². The maximum atomic E-state index is 12.4. The maximum absolute atomic E-state index is 12.4. The van der Waals surface area contributed by atoms with Crippen LogP contribution in [0.5, 0.6) is 0 Å². The highest BCUT2D eigenvalue weighted by Crippen LogP contribution is 2.24. The molecule has 0 aromatic rings. The fraction of sp³-hybridized carbons (Fsp3) is 0.929. The van der Waals surface area contributed by atoms with E-state index in [4.69, 9.17) is 9.47 Å². The lowest BCUT2D eigenvalue weighted by atomic mass is 9.91. The van der Waals surface area contributed by atoms with E-state index in [0.29, 0.717) is 6.42 Å². The van der Waals surface area contributed by atoms with Gasteiger partial charge >= 0.3 is 0 Å². The molecule has 0 bridgehead atoms. The summed E-state index contributed by atoms with van der Waals surface area (Å²) in [6.45, 7) is -0.354. The third-order valence-electron chi connectivity index (χ3n) is 4.36. The van der Waals surface area contributed by atoms with Gasteiger partial charge in [0.05, 0.1) is 31.0 Å². The number of hydrogen-bond acceptors (Lipinski definition) is 6. The minimum absolute atomic E-state index is 0.229. The molecule has 7 heteroatoms. The van der Waals surface area contributed by atoms with Gasteiger partial charge in [0.2, 0.25) is 0 Å². The number of aliphatic hydroxyl groups excluding tert-OH is 3. The number of amides is 1. The van der Waals surface area contributed by atoms with Gasteiger partial charge in [-0.2, -0.15) is 0 Å². The van der Waals surface area contributed by atoms with Gasteiger partial charge in [-0.3, -0.25) is 4.79 Å². The van der Waals surface area contributed by atoms with E-state index in [1.807, 2.05) is 0 Å². The number of hydrogen-bond donors (Lipinski definition) is 4. The van der Waals surface area contributed by atoms with Crippen molar-refractivity contribution in [2.45, 2.75) is 68.7 Å². The van der Waals surface area contributed by atoms with E-state index in [1.165, 1.54) is 7.11 Å². The van der Waals surface area contributed by atoms with Crippen LogP contribution in [0.2, 0.25) is 0 Å². The SMILES string of the molecule is COC1CC(O)C(CO)OC1C(=O)N[C@H]1CCCC[C@@H]1O. The molecule has 1 heterocycles. The second-order valence-corrected chi connectivity index (χ2v) is 5.82. The van der Waals surface area contributed by atoms with Crippen LogP contribution in [0, 0.1) is 0 Å². The normalized spacial score (nSPS) is 40.8. The molecule has 1 saturated carbocycles. The Morgan fingerprint density at radius 3 is 2.62 bits per heavy atom. The van der Waals surface area contributed by atoms with Gasteiger partial charge in [-0.15, -0.1) is 0 Å². The first kappa shape index (κ1) is 16.6. The summed E-state index contributed by atoms with van der Waals surface area (Å²) in [5.41, 5.74) is 0. The maximum Gasteiger partial charge on any atom is 0.252 e. The number of rotatable bonds is 4. The summed E-state index contributed by atoms with van der Waals surface area (Å²) in [5.74, 6) is -0.363. The molecule has 7 nitrogen and oxygen atoms in total. The predicted octanol–water partition coefficient (Wildman–Crippen LogP) is -1.07. The second kappa shape index (κ2) is 7.51. The fourth-order valence-corrected chi connectivity index (χ4v) is 3.04. The first-order valence-corrected chi connectivity index (χ1v) is 7.52. The van der Waals surface area contributed by atoms with Crippen molar-refractivity contribution in [2.24, 2.45) is 0 Å². The molecule has 21 heavy (non-hydrogen) atoms. The van der Waals surface area contributed by atoms with Crippen LogP contribution in [0.25, 0.3) is 0 Å². The third-order valence-corrected chi connectivity index (χ3v) is 4.36. The molecule has 1 aliphatic carbocycles. The van der Waals surface area contributed by atoms with E-state index in [-0.39, 0.29) is 25.0 Å². The lowest BCUT2D eigenvalue weighted by Crippen LogP contribution is -2.58. The summed E-state index contributed by atoms with van der Waals surface area (Å²) >= 11 is 0. The van der Waals surface area contributed by atoms with Gasteiger partial charge in [0.1, 0.15) is 6.10 Å². The van der Waals surface area contributed by atoms with Gasteiger partial charge in [-0.05, 0) is 12.8 Å². The van der Waals surface area contributed by atoms with Gasteiger partial charge in [0.15, 0.2) is 6.10 Å². The van der Waals surface area contributed by atoms with Crippen LogP contribution in [0.15, 0.2) is 0 Å². The largest absolute Gasteiger partial charge is 0.394 e. The van der Waals surface area contributed by atoms with E-state index < -0.39 is 30.5 Å². The van der Waals surface area contributed by atoms with E-state index in [9.17, 15) is 20.1 Å². The number of nitrogens with one attached hydrogen (secondary N) is 1. The molecule has 122 valence electrons. The Labute approximate surface area is 124 Å². The fourth-order valence-electron chi connectivity index (χ4n) is 3.04. The van der Waals surface area contributed by atoms with Crippen LogP contribution in [0.1, 0.15) is 32.1 Å². The Kier molecular flexibility index (Phi) is 5.95. The van der Waals surface area contributed by atoms with Crippen LogP contribution in [-0.4, -0.2) is 71.5 Å². The molecule has 4 N–H and O–H groups in total. The highest BCUT2D eigenvalue weighted by molar-refractivity contribution is 5.82. The average Bonchev–Trinajstić information content (AvgIpc) is 2.49. The third kappa shape index (κ3) is 3.92. The topological polar surface area (TPSA) is 108 Å². The number of ether oxygens (including phenoxy) is 2. The molecule has 6 atom stereocenters. The number of aliphatic hydroxyl groups is 3. The van der Waals surface area contributed by atoms with Crippen molar-refractivity contribution in [3.63, 3.8) is 0 Å². The molecule has 2 aliphatic rings. The lowest BCUT2D eigenvalue weighted by Gasteiger charge is -2.38. The molecule has 0 aromatic carbocycles. The lowest BCUT2D eigenvalue weighted by molar-refractivity contribution is -0.193. The standard InChI is InChI=1S/C14H25NO6/c1-20-11-6-10(18)12(7-16)21-13(11)14(19)15-8-4-2-3-5-9(8)17/h8-13,16-18H,2-7H2,1H3,(H,15,19)/t8-,9-,10?,11?,12?,13?/m0/s1. The molecule has 0 spiro atoms. The van der Waals surface area contributed by atoms with Crippen molar-refractivity contribution >= 4 is 5.91 Å². The van der Waals surface area contributed by atoms with Crippen LogP contribution < -0.4 is 5.32 Å². The molecule has 1 amide bonds. The van der Waals surface area contributed by atoms with Crippen molar-refractivity contribution in [2.75, 3.05) is 13.7 Å². The van der Waals surface area contributed by atoms with E-state index >= 15 is 0 Å². The Bertz CT molecular complexity index is 352. The molecule has 1 saturated heterocycles. The smallest absolute Gasteiger partial charge is 0.252 e. The zero-order chi connectivity index (χ0) is 15.4. The van der Waals surface area contributed by atoms with Gasteiger partial charge < -0.3 is 30.1 Å². The summed E-state index contributed by atoms with van der Waals surface area (Å²) in [6, 6.07) is -0.271. The van der Waals surface area contributed by atoms with Gasteiger partial charge in [0, 0.05) is 13.5 Å². The summed E-state index contributed by atoms with van der Waals surface area (Å²) in [6.07, 6.45) is -0.0440. The Balaban J connectivity index is 1.98. The summed E-state index contributed by atoms with van der Waals surface area (Å²) < 4.78 is 10.7. The average molecular weight is 303 g/mol. The second-order valence-electron chi connectivity index (χ2n) is 5.82. The first-order valence-electron chi connectivity index (χ1n) is 7.52. The van der Waals surface area contributed by atoms with Gasteiger partial charge in [-0.1, -0.05) is 12.8 Å².